The van der Waals surface area contributed by atoms with Crippen LogP contribution < -0.4 is 14.8 Å². The molecule has 3 aromatic carbocycles. The third-order valence-corrected chi connectivity index (χ3v) is 8.16. The van der Waals surface area contributed by atoms with Gasteiger partial charge in [0.15, 0.2) is 11.6 Å². The summed E-state index contributed by atoms with van der Waals surface area (Å²) in [5, 5.41) is 4.13. The molecule has 0 bridgehead atoms. The number of hydrogen-bond donors (Lipinski definition) is 2. The van der Waals surface area contributed by atoms with Gasteiger partial charge in [0.1, 0.15) is 5.75 Å². The Morgan fingerprint density at radius 3 is 2.56 bits per heavy atom. The normalized spacial score (nSPS) is 13.9. The van der Waals surface area contributed by atoms with Crippen molar-refractivity contribution in [1.29, 1.82) is 0 Å². The average molecular weight is 563 g/mol. The highest BCUT2D eigenvalue weighted by atomic mass is 35.5. The van der Waals surface area contributed by atoms with E-state index in [2.05, 4.69) is 34.9 Å². The van der Waals surface area contributed by atoms with Crippen LogP contribution in [0.2, 0.25) is 5.02 Å². The van der Waals surface area contributed by atoms with Crippen molar-refractivity contribution in [3.8, 4) is 22.8 Å². The zero-order valence-corrected chi connectivity index (χ0v) is 23.7. The Labute approximate surface area is 238 Å². The van der Waals surface area contributed by atoms with Gasteiger partial charge >= 0.3 is 0 Å². The van der Waals surface area contributed by atoms with Gasteiger partial charge in [0.05, 0.1) is 10.7 Å². The molecule has 4 aromatic rings. The van der Waals surface area contributed by atoms with Gasteiger partial charge < -0.3 is 14.8 Å². The minimum Gasteiger partial charge on any atom is -0.454 e. The van der Waals surface area contributed by atoms with Crippen molar-refractivity contribution >= 4 is 35.2 Å². The van der Waals surface area contributed by atoms with Crippen LogP contribution in [0.3, 0.4) is 0 Å². The molecule has 0 unspecified atom stereocenters. The van der Waals surface area contributed by atoms with Crippen molar-refractivity contribution in [1.82, 2.24) is 9.97 Å². The zero-order chi connectivity index (χ0) is 27.2. The second kappa shape index (κ2) is 12.7. The number of aromatic nitrogens is 2. The molecule has 1 fully saturated rings. The van der Waals surface area contributed by atoms with Crippen molar-refractivity contribution in [3.63, 3.8) is 0 Å². The molecule has 1 heterocycles. The lowest BCUT2D eigenvalue weighted by atomic mass is 9.96. The molecule has 0 saturated heterocycles. The summed E-state index contributed by atoms with van der Waals surface area (Å²) in [6.45, 7) is 4.24. The molecule has 0 atom stereocenters. The fourth-order valence-electron chi connectivity index (χ4n) is 4.61. The molecule has 202 valence electrons. The van der Waals surface area contributed by atoms with Crippen molar-refractivity contribution in [2.45, 2.75) is 62.8 Å². The lowest BCUT2D eigenvalue weighted by Gasteiger charge is -2.23. The number of rotatable bonds is 9. The maximum atomic E-state index is 15.2. The Morgan fingerprint density at radius 1 is 0.974 bits per heavy atom. The number of nitrogens with one attached hydrogen (secondary N) is 2. The Morgan fingerprint density at radius 2 is 1.79 bits per heavy atom. The summed E-state index contributed by atoms with van der Waals surface area (Å²) in [7, 11) is 0. The quantitative estimate of drug-likeness (QED) is 0.198. The first-order valence-corrected chi connectivity index (χ1v) is 14.5. The fourth-order valence-corrected chi connectivity index (χ4v) is 5.53. The van der Waals surface area contributed by atoms with E-state index in [4.69, 9.17) is 21.3 Å². The smallest absolute Gasteiger partial charge is 0.223 e. The van der Waals surface area contributed by atoms with Gasteiger partial charge in [-0.25, -0.2) is 14.4 Å². The van der Waals surface area contributed by atoms with Crippen LogP contribution in [0.15, 0.2) is 77.8 Å². The van der Waals surface area contributed by atoms with E-state index in [1.54, 1.807) is 18.3 Å². The summed E-state index contributed by atoms with van der Waals surface area (Å²) in [6, 6.07) is 20.6. The molecule has 1 saturated carbocycles. The molecule has 0 spiro atoms. The second-order valence-corrected chi connectivity index (χ2v) is 11.3. The predicted molar refractivity (Wildman–Crippen MR) is 159 cm³/mol. The number of hydrogen-bond acceptors (Lipinski definition) is 6. The summed E-state index contributed by atoms with van der Waals surface area (Å²) in [5.41, 5.74) is 3.21. The molecule has 0 aliphatic heterocycles. The molecule has 1 aromatic heterocycles. The Balaban J connectivity index is 1.38. The molecule has 39 heavy (non-hydrogen) atoms. The maximum Gasteiger partial charge on any atom is 0.223 e. The summed E-state index contributed by atoms with van der Waals surface area (Å²) in [6.07, 6.45) is 7.76. The van der Waals surface area contributed by atoms with Gasteiger partial charge in [0, 0.05) is 34.5 Å². The summed E-state index contributed by atoms with van der Waals surface area (Å²) in [4.78, 5) is 10.1. The lowest BCUT2D eigenvalue weighted by Crippen LogP contribution is -2.23. The third kappa shape index (κ3) is 7.02. The third-order valence-electron chi connectivity index (χ3n) is 6.81. The van der Waals surface area contributed by atoms with E-state index >= 15 is 4.39 Å². The molecule has 0 amide bonds. The Hall–Kier alpha value is -3.29. The van der Waals surface area contributed by atoms with Crippen LogP contribution in [0.5, 0.6) is 11.5 Å². The van der Waals surface area contributed by atoms with E-state index in [1.165, 1.54) is 37.3 Å². The highest BCUT2D eigenvalue weighted by molar-refractivity contribution is 8.00. The van der Waals surface area contributed by atoms with Gasteiger partial charge in [-0.05, 0) is 78.7 Å². The van der Waals surface area contributed by atoms with Gasteiger partial charge in [-0.2, -0.15) is 0 Å². The summed E-state index contributed by atoms with van der Waals surface area (Å²) < 4.78 is 24.6. The molecule has 0 radical (unpaired) electrons. The first-order chi connectivity index (χ1) is 19.0. The van der Waals surface area contributed by atoms with Crippen molar-refractivity contribution in [2.75, 3.05) is 10.0 Å². The molecule has 1 aliphatic carbocycles. The van der Waals surface area contributed by atoms with E-state index in [9.17, 15) is 0 Å². The second-order valence-electron chi connectivity index (χ2n) is 10.0. The van der Waals surface area contributed by atoms with Gasteiger partial charge in [0.25, 0.3) is 0 Å². The van der Waals surface area contributed by atoms with Crippen molar-refractivity contribution in [2.24, 2.45) is 0 Å². The van der Waals surface area contributed by atoms with Gasteiger partial charge in [-0.3, -0.25) is 0 Å². The number of anilines is 2. The molecular formula is C31H32ClFN4OS. The van der Waals surface area contributed by atoms with Crippen molar-refractivity contribution in [3.05, 3.63) is 89.3 Å². The first kappa shape index (κ1) is 27.3. The van der Waals surface area contributed by atoms with E-state index in [0.717, 1.165) is 34.6 Å². The van der Waals surface area contributed by atoms with Gasteiger partial charge in [-0.1, -0.05) is 62.9 Å². The molecule has 5 rings (SSSR count). The lowest BCUT2D eigenvalue weighted by molar-refractivity contribution is 0.443. The van der Waals surface area contributed by atoms with Crippen LogP contribution in [0.1, 0.15) is 57.4 Å². The van der Waals surface area contributed by atoms with E-state index in [1.807, 2.05) is 42.5 Å². The van der Waals surface area contributed by atoms with Crippen LogP contribution >= 0.6 is 23.5 Å². The first-order valence-electron chi connectivity index (χ1n) is 13.3. The minimum atomic E-state index is -0.469. The summed E-state index contributed by atoms with van der Waals surface area (Å²) in [5.74, 6) is 1.11. The number of halogens is 2. The Kier molecular flexibility index (Phi) is 8.89. The van der Waals surface area contributed by atoms with Gasteiger partial charge in [0.2, 0.25) is 5.95 Å². The van der Waals surface area contributed by atoms with Crippen LogP contribution in [0, 0.1) is 5.82 Å². The largest absolute Gasteiger partial charge is 0.454 e. The standard InChI is InChI=1S/C31H32ClFN4OS/c1-20(2)21-12-14-24(27-16-17-34-31(36-27)35-22-8-4-3-5-9-22)29(18-21)38-28-15-13-23(19-26(28)33)37-39-30-11-7-6-10-25(30)32/h6-7,10-20,22,37H,3-5,8-9H2,1-2H3,(H,34,35,36). The van der Waals surface area contributed by atoms with Crippen LogP contribution in [0.25, 0.3) is 11.3 Å². The molecule has 5 nitrogen and oxygen atoms in total. The SMILES string of the molecule is CC(C)c1ccc(-c2ccnc(NC3CCCCC3)n2)c(Oc2ccc(NSc3ccccc3Cl)cc2F)c1. The number of benzene rings is 3. The van der Waals surface area contributed by atoms with Crippen LogP contribution in [-0.2, 0) is 0 Å². The minimum absolute atomic E-state index is 0.139. The van der Waals surface area contributed by atoms with Crippen molar-refractivity contribution < 1.29 is 9.13 Å². The number of nitrogens with zero attached hydrogens (tertiary/aromatic N) is 2. The van der Waals surface area contributed by atoms with Gasteiger partial charge in [-0.15, -0.1) is 0 Å². The molecule has 1 aliphatic rings. The zero-order valence-electron chi connectivity index (χ0n) is 22.1. The fraction of sp³-hybridized carbons (Fsp3) is 0.290. The molecule has 2 N–H and O–H groups in total. The highest BCUT2D eigenvalue weighted by Gasteiger charge is 2.17. The predicted octanol–water partition coefficient (Wildman–Crippen LogP) is 9.72. The summed E-state index contributed by atoms with van der Waals surface area (Å²) >= 11 is 7.56. The monoisotopic (exact) mass is 562 g/mol. The van der Waals surface area contributed by atoms with E-state index < -0.39 is 5.82 Å². The van der Waals surface area contributed by atoms with Crippen LogP contribution in [-0.4, -0.2) is 16.0 Å². The average Bonchev–Trinajstić information content (AvgIpc) is 2.94. The van der Waals surface area contributed by atoms with E-state index in [0.29, 0.717) is 28.4 Å². The molecular weight excluding hydrogens is 531 g/mol. The van der Waals surface area contributed by atoms with E-state index in [-0.39, 0.29) is 11.7 Å². The number of ether oxygens (including phenoxy) is 1. The Bertz CT molecular complexity index is 1430. The highest BCUT2D eigenvalue weighted by Crippen LogP contribution is 2.37. The maximum absolute atomic E-state index is 15.2. The molecule has 8 heteroatoms. The van der Waals surface area contributed by atoms with Crippen LogP contribution in [0.4, 0.5) is 16.0 Å². The topological polar surface area (TPSA) is 59.1 Å².